The third-order valence-electron chi connectivity index (χ3n) is 4.76. The smallest absolute Gasteiger partial charge is 0.101 e. The third-order valence-corrected chi connectivity index (χ3v) is 4.76. The van der Waals surface area contributed by atoms with E-state index >= 15 is 0 Å². The van der Waals surface area contributed by atoms with E-state index in [0.717, 1.165) is 24.3 Å². The fraction of sp³-hybridized carbons (Fsp3) is 0.750. The second-order valence-corrected chi connectivity index (χ2v) is 5.38. The van der Waals surface area contributed by atoms with E-state index in [0.29, 0.717) is 5.92 Å². The predicted molar refractivity (Wildman–Crippen MR) is 58.9 cm³/mol. The zero-order chi connectivity index (χ0) is 11.3. The molecule has 0 heterocycles. The van der Waals surface area contributed by atoms with Crippen LogP contribution in [0.1, 0.15) is 33.6 Å². The van der Waals surface area contributed by atoms with Crippen molar-refractivity contribution in [2.24, 2.45) is 21.9 Å². The molecule has 3 nitrogen and oxygen atoms in total. The Morgan fingerprint density at radius 2 is 2.13 bits per heavy atom. The van der Waals surface area contributed by atoms with Gasteiger partial charge in [-0.15, -0.1) is 0 Å². The van der Waals surface area contributed by atoms with E-state index in [1.165, 1.54) is 0 Å². The van der Waals surface area contributed by atoms with Crippen LogP contribution in [0.3, 0.4) is 0 Å². The van der Waals surface area contributed by atoms with Crippen LogP contribution in [0.5, 0.6) is 0 Å². The molecule has 15 heavy (non-hydrogen) atoms. The summed E-state index contributed by atoms with van der Waals surface area (Å²) in [6, 6.07) is 0. The maximum absolute atomic E-state index is 9.11. The van der Waals surface area contributed by atoms with E-state index in [2.05, 4.69) is 25.9 Å². The number of hydrogen-bond acceptors (Lipinski definition) is 3. The highest BCUT2D eigenvalue weighted by atomic mass is 16.5. The Morgan fingerprint density at radius 1 is 1.47 bits per heavy atom. The van der Waals surface area contributed by atoms with Crippen LogP contribution in [0.4, 0.5) is 0 Å². The number of hydrogen-bond donors (Lipinski definition) is 1. The zero-order valence-corrected chi connectivity index (χ0v) is 9.87. The molecule has 2 rings (SSSR count). The van der Waals surface area contributed by atoms with Crippen LogP contribution in [0.25, 0.3) is 0 Å². The summed E-state index contributed by atoms with van der Waals surface area (Å²) in [7, 11) is 1.69. The van der Waals surface area contributed by atoms with Gasteiger partial charge in [0.05, 0.1) is 12.8 Å². The SMILES string of the molecule is COC1=C/C(=N/O)[C@]2(C)CC[C@@H]1C2(C)C. The molecule has 0 aromatic rings. The highest BCUT2D eigenvalue weighted by Crippen LogP contribution is 2.61. The Labute approximate surface area is 90.8 Å². The Bertz CT molecular complexity index is 344. The quantitative estimate of drug-likeness (QED) is 0.533. The molecule has 0 spiro atoms. The highest BCUT2D eigenvalue weighted by Gasteiger charge is 2.58. The first kappa shape index (κ1) is 10.5. The molecule has 0 aromatic heterocycles. The lowest BCUT2D eigenvalue weighted by Crippen LogP contribution is -2.44. The lowest BCUT2D eigenvalue weighted by atomic mass is 9.60. The molecule has 2 aliphatic rings. The van der Waals surface area contributed by atoms with Crippen LogP contribution in [0.15, 0.2) is 17.0 Å². The van der Waals surface area contributed by atoms with Crippen molar-refractivity contribution in [3.63, 3.8) is 0 Å². The summed E-state index contributed by atoms with van der Waals surface area (Å²) in [5.74, 6) is 1.42. The number of nitrogens with zero attached hydrogens (tertiary/aromatic N) is 1. The molecule has 84 valence electrons. The molecular formula is C12H19NO2. The van der Waals surface area contributed by atoms with Gasteiger partial charge in [0.1, 0.15) is 5.76 Å². The number of rotatable bonds is 1. The standard InChI is InChI=1S/C12H19NO2/c1-11(2)8-5-6-12(11,3)10(13-14)7-9(8)15-4/h7-8,14H,5-6H2,1-4H3/b13-10-/t8-,12-/m0/s1. The molecule has 0 radical (unpaired) electrons. The van der Waals surface area contributed by atoms with E-state index in [1.54, 1.807) is 7.11 Å². The van der Waals surface area contributed by atoms with Gasteiger partial charge in [0.25, 0.3) is 0 Å². The summed E-state index contributed by atoms with van der Waals surface area (Å²) in [6.07, 6.45) is 4.08. The molecule has 0 saturated heterocycles. The van der Waals surface area contributed by atoms with Gasteiger partial charge in [0, 0.05) is 17.4 Å². The fourth-order valence-electron chi connectivity index (χ4n) is 3.19. The minimum Gasteiger partial charge on any atom is -0.501 e. The molecule has 2 aliphatic carbocycles. The number of fused-ring (bicyclic) bond motifs is 2. The van der Waals surface area contributed by atoms with Crippen LogP contribution < -0.4 is 0 Å². The summed E-state index contributed by atoms with van der Waals surface area (Å²) >= 11 is 0. The topological polar surface area (TPSA) is 41.8 Å². The first-order chi connectivity index (χ1) is 6.97. The number of allylic oxidation sites excluding steroid dienone is 2. The van der Waals surface area contributed by atoms with Crippen molar-refractivity contribution < 1.29 is 9.94 Å². The van der Waals surface area contributed by atoms with Crippen molar-refractivity contribution in [3.8, 4) is 0 Å². The Balaban J connectivity index is 2.57. The first-order valence-corrected chi connectivity index (χ1v) is 5.45. The highest BCUT2D eigenvalue weighted by molar-refractivity contribution is 6.01. The summed E-state index contributed by atoms with van der Waals surface area (Å²) in [5.41, 5.74) is 0.849. The normalized spacial score (nSPS) is 40.4. The molecule has 0 aliphatic heterocycles. The average molecular weight is 209 g/mol. The van der Waals surface area contributed by atoms with Crippen molar-refractivity contribution in [3.05, 3.63) is 11.8 Å². The largest absolute Gasteiger partial charge is 0.501 e. The van der Waals surface area contributed by atoms with Gasteiger partial charge >= 0.3 is 0 Å². The van der Waals surface area contributed by atoms with Crippen molar-refractivity contribution in [1.82, 2.24) is 0 Å². The lowest BCUT2D eigenvalue weighted by Gasteiger charge is -2.44. The van der Waals surface area contributed by atoms with Crippen LogP contribution >= 0.6 is 0 Å². The van der Waals surface area contributed by atoms with Crippen LogP contribution in [0, 0.1) is 16.7 Å². The molecule has 3 heteroatoms. The van der Waals surface area contributed by atoms with Gasteiger partial charge in [-0.1, -0.05) is 25.9 Å². The molecule has 1 saturated carbocycles. The Kier molecular flexibility index (Phi) is 2.11. The molecule has 0 amide bonds. The Hall–Kier alpha value is -0.990. The van der Waals surface area contributed by atoms with E-state index < -0.39 is 0 Å². The van der Waals surface area contributed by atoms with E-state index in [-0.39, 0.29) is 10.8 Å². The van der Waals surface area contributed by atoms with E-state index in [4.69, 9.17) is 9.94 Å². The zero-order valence-electron chi connectivity index (χ0n) is 9.87. The summed E-state index contributed by atoms with van der Waals surface area (Å²) in [6.45, 7) is 6.66. The van der Waals surface area contributed by atoms with Crippen molar-refractivity contribution in [1.29, 1.82) is 0 Å². The molecular weight excluding hydrogens is 190 g/mol. The predicted octanol–water partition coefficient (Wildman–Crippen LogP) is 2.80. The summed E-state index contributed by atoms with van der Waals surface area (Å²) in [4.78, 5) is 0. The molecule has 2 bridgehead atoms. The number of methoxy groups -OCH3 is 1. The van der Waals surface area contributed by atoms with Gasteiger partial charge < -0.3 is 9.94 Å². The maximum atomic E-state index is 9.11. The van der Waals surface area contributed by atoms with Gasteiger partial charge in [-0.2, -0.15) is 0 Å². The van der Waals surface area contributed by atoms with Gasteiger partial charge in [0.2, 0.25) is 0 Å². The number of oxime groups is 1. The van der Waals surface area contributed by atoms with Crippen molar-refractivity contribution in [2.75, 3.05) is 7.11 Å². The molecule has 1 fully saturated rings. The van der Waals surface area contributed by atoms with Gasteiger partial charge in [-0.05, 0) is 18.3 Å². The summed E-state index contributed by atoms with van der Waals surface area (Å²) in [5, 5.41) is 12.6. The molecule has 2 atom stereocenters. The minimum absolute atomic E-state index is 0.0194. The average Bonchev–Trinajstić information content (AvgIpc) is 2.37. The molecule has 0 unspecified atom stereocenters. The monoisotopic (exact) mass is 209 g/mol. The van der Waals surface area contributed by atoms with Crippen LogP contribution in [-0.4, -0.2) is 18.0 Å². The lowest BCUT2D eigenvalue weighted by molar-refractivity contribution is 0.111. The fourth-order valence-corrected chi connectivity index (χ4v) is 3.19. The molecule has 1 N–H and O–H groups in total. The first-order valence-electron chi connectivity index (χ1n) is 5.45. The summed E-state index contributed by atoms with van der Waals surface area (Å²) < 4.78 is 5.40. The minimum atomic E-state index is -0.0194. The third kappa shape index (κ3) is 1.09. The van der Waals surface area contributed by atoms with Crippen molar-refractivity contribution in [2.45, 2.75) is 33.6 Å². The van der Waals surface area contributed by atoms with E-state index in [1.807, 2.05) is 6.08 Å². The van der Waals surface area contributed by atoms with Gasteiger partial charge in [-0.25, -0.2) is 0 Å². The van der Waals surface area contributed by atoms with Gasteiger partial charge in [-0.3, -0.25) is 0 Å². The maximum Gasteiger partial charge on any atom is 0.101 e. The van der Waals surface area contributed by atoms with Crippen LogP contribution in [0.2, 0.25) is 0 Å². The number of ether oxygens (including phenoxy) is 1. The van der Waals surface area contributed by atoms with Gasteiger partial charge in [0.15, 0.2) is 0 Å². The van der Waals surface area contributed by atoms with E-state index in [9.17, 15) is 0 Å². The second kappa shape index (κ2) is 3.00. The Morgan fingerprint density at radius 3 is 2.67 bits per heavy atom. The van der Waals surface area contributed by atoms with Crippen molar-refractivity contribution >= 4 is 5.71 Å². The second-order valence-electron chi connectivity index (χ2n) is 5.38. The van der Waals surface area contributed by atoms with Crippen LogP contribution in [-0.2, 0) is 4.74 Å². The molecule has 0 aromatic carbocycles.